The predicted octanol–water partition coefficient (Wildman–Crippen LogP) is 6.31. The lowest BCUT2D eigenvalue weighted by molar-refractivity contribution is -0.122. The van der Waals surface area contributed by atoms with E-state index in [2.05, 4.69) is 27.9 Å². The van der Waals surface area contributed by atoms with E-state index in [1.165, 1.54) is 11.8 Å². The van der Waals surface area contributed by atoms with Gasteiger partial charge in [0.05, 0.1) is 15.0 Å². The molecule has 30 heavy (non-hydrogen) atoms. The van der Waals surface area contributed by atoms with Crippen LogP contribution in [0.4, 0.5) is 0 Å². The first-order valence-electron chi connectivity index (χ1n) is 9.79. The summed E-state index contributed by atoms with van der Waals surface area (Å²) < 4.78 is 2.17. The first kappa shape index (κ1) is 21.0. The van der Waals surface area contributed by atoms with Gasteiger partial charge in [-0.25, -0.2) is 0 Å². The number of para-hydroxylation sites is 1. The van der Waals surface area contributed by atoms with Gasteiger partial charge >= 0.3 is 0 Å². The summed E-state index contributed by atoms with van der Waals surface area (Å²) >= 11 is 13.7. The molecule has 4 nitrogen and oxygen atoms in total. The second-order valence-corrected chi connectivity index (χ2v) is 8.72. The van der Waals surface area contributed by atoms with Crippen LogP contribution in [0.1, 0.15) is 25.0 Å². The van der Waals surface area contributed by atoms with E-state index in [0.29, 0.717) is 34.6 Å². The fourth-order valence-electron chi connectivity index (χ4n) is 3.54. The van der Waals surface area contributed by atoms with Gasteiger partial charge in [0.2, 0.25) is 0 Å². The Morgan fingerprint density at radius 2 is 1.90 bits per heavy atom. The van der Waals surface area contributed by atoms with Crippen LogP contribution in [-0.4, -0.2) is 33.6 Å². The maximum absolute atomic E-state index is 12.9. The Balaban J connectivity index is 1.74. The molecule has 3 aromatic rings. The van der Waals surface area contributed by atoms with Crippen LogP contribution in [-0.2, 0) is 11.3 Å². The molecule has 0 bridgehead atoms. The Morgan fingerprint density at radius 3 is 2.63 bits per heavy atom. The standard InChI is InChI=1S/C23H21Cl2N3OS/c1-3-26-23-28(4-2)22(29)21(30-23)12-16-14-27(20-8-6-5-7-17(16)20)13-15-9-10-18(24)19(25)11-15/h5-12,14H,3-4,13H2,1-2H3/b21-12-,26-23?. The van der Waals surface area contributed by atoms with E-state index in [1.807, 2.05) is 50.3 Å². The first-order chi connectivity index (χ1) is 14.5. The summed E-state index contributed by atoms with van der Waals surface area (Å²) in [5.41, 5.74) is 3.17. The summed E-state index contributed by atoms with van der Waals surface area (Å²) in [6.45, 7) is 5.87. The molecule has 1 aliphatic rings. The van der Waals surface area contributed by atoms with Crippen molar-refractivity contribution in [1.29, 1.82) is 0 Å². The van der Waals surface area contributed by atoms with Gasteiger partial charge in [0.25, 0.3) is 5.91 Å². The second kappa shape index (κ2) is 8.88. The van der Waals surface area contributed by atoms with Crippen molar-refractivity contribution >= 4 is 63.0 Å². The number of aliphatic imine (C=N–C) groups is 1. The summed E-state index contributed by atoms with van der Waals surface area (Å²) in [6, 6.07) is 13.9. The van der Waals surface area contributed by atoms with Crippen LogP contribution in [0.5, 0.6) is 0 Å². The van der Waals surface area contributed by atoms with Crippen LogP contribution in [0.15, 0.2) is 58.6 Å². The molecule has 0 spiro atoms. The third-order valence-corrected chi connectivity index (χ3v) is 6.72. The van der Waals surface area contributed by atoms with Gasteiger partial charge in [-0.05, 0) is 55.4 Å². The molecule has 0 radical (unpaired) electrons. The van der Waals surface area contributed by atoms with Crippen LogP contribution in [0, 0.1) is 0 Å². The van der Waals surface area contributed by atoms with Crippen molar-refractivity contribution in [2.75, 3.05) is 13.1 Å². The molecular weight excluding hydrogens is 437 g/mol. The number of benzene rings is 2. The monoisotopic (exact) mass is 457 g/mol. The highest BCUT2D eigenvalue weighted by molar-refractivity contribution is 8.18. The Kier molecular flexibility index (Phi) is 6.23. The highest BCUT2D eigenvalue weighted by Crippen LogP contribution is 2.34. The van der Waals surface area contributed by atoms with E-state index in [-0.39, 0.29) is 5.91 Å². The molecule has 1 saturated heterocycles. The Bertz CT molecular complexity index is 1180. The van der Waals surface area contributed by atoms with E-state index in [4.69, 9.17) is 23.2 Å². The number of amidine groups is 1. The second-order valence-electron chi connectivity index (χ2n) is 6.89. The van der Waals surface area contributed by atoms with Gasteiger partial charge in [0.1, 0.15) is 0 Å². The lowest BCUT2D eigenvalue weighted by atomic mass is 10.1. The van der Waals surface area contributed by atoms with Gasteiger partial charge in [0.15, 0.2) is 5.17 Å². The van der Waals surface area contributed by atoms with Crippen molar-refractivity contribution < 1.29 is 4.79 Å². The average Bonchev–Trinajstić information content (AvgIpc) is 3.23. The zero-order chi connectivity index (χ0) is 21.3. The molecule has 0 aliphatic carbocycles. The number of rotatable bonds is 5. The molecule has 1 amide bonds. The Labute approximate surface area is 190 Å². The summed E-state index contributed by atoms with van der Waals surface area (Å²) in [7, 11) is 0. The van der Waals surface area contributed by atoms with Crippen LogP contribution in [0.25, 0.3) is 17.0 Å². The minimum atomic E-state index is 0.0102. The molecule has 1 aromatic heterocycles. The lowest BCUT2D eigenvalue weighted by Crippen LogP contribution is -2.28. The number of carbonyl (C=O) groups excluding carboxylic acids is 1. The minimum Gasteiger partial charge on any atom is -0.342 e. The highest BCUT2D eigenvalue weighted by Gasteiger charge is 2.32. The van der Waals surface area contributed by atoms with Crippen LogP contribution in [0.2, 0.25) is 10.0 Å². The van der Waals surface area contributed by atoms with Crippen LogP contribution in [0.3, 0.4) is 0 Å². The number of aromatic nitrogens is 1. The molecular formula is C23H21Cl2N3OS. The zero-order valence-electron chi connectivity index (χ0n) is 16.7. The van der Waals surface area contributed by atoms with Gasteiger partial charge in [-0.15, -0.1) is 0 Å². The zero-order valence-corrected chi connectivity index (χ0v) is 19.1. The predicted molar refractivity (Wildman–Crippen MR) is 128 cm³/mol. The maximum atomic E-state index is 12.9. The molecule has 7 heteroatoms. The van der Waals surface area contributed by atoms with Gasteiger partial charge in [-0.3, -0.25) is 14.7 Å². The van der Waals surface area contributed by atoms with E-state index in [9.17, 15) is 4.79 Å². The van der Waals surface area contributed by atoms with E-state index in [1.54, 1.807) is 4.90 Å². The SMILES string of the molecule is CCN=C1S/C(=C\c2cn(Cc3ccc(Cl)c(Cl)c3)c3ccccc23)C(=O)N1CC. The van der Waals surface area contributed by atoms with Crippen molar-refractivity contribution in [1.82, 2.24) is 9.47 Å². The van der Waals surface area contributed by atoms with Gasteiger partial charge < -0.3 is 4.57 Å². The number of hydrogen-bond donors (Lipinski definition) is 0. The van der Waals surface area contributed by atoms with Gasteiger partial charge in [0, 0.05) is 42.3 Å². The molecule has 154 valence electrons. The third-order valence-electron chi connectivity index (χ3n) is 4.94. The largest absolute Gasteiger partial charge is 0.342 e. The minimum absolute atomic E-state index is 0.0102. The maximum Gasteiger partial charge on any atom is 0.266 e. The number of fused-ring (bicyclic) bond motifs is 1. The summed E-state index contributed by atoms with van der Waals surface area (Å²) in [6.07, 6.45) is 4.06. The molecule has 0 saturated carbocycles. The molecule has 2 heterocycles. The van der Waals surface area contributed by atoms with Crippen LogP contribution >= 0.6 is 35.0 Å². The number of carbonyl (C=O) groups is 1. The van der Waals surface area contributed by atoms with E-state index >= 15 is 0 Å². The third kappa shape index (κ3) is 4.02. The quantitative estimate of drug-likeness (QED) is 0.421. The van der Waals surface area contributed by atoms with Crippen molar-refractivity contribution in [2.45, 2.75) is 20.4 Å². The normalized spacial score (nSPS) is 17.1. The van der Waals surface area contributed by atoms with E-state index in [0.717, 1.165) is 27.2 Å². The van der Waals surface area contributed by atoms with Crippen LogP contribution < -0.4 is 0 Å². The number of likely N-dealkylation sites (N-methyl/N-ethyl adjacent to an activating group) is 1. The van der Waals surface area contributed by atoms with Crippen molar-refractivity contribution in [2.24, 2.45) is 4.99 Å². The van der Waals surface area contributed by atoms with Crippen molar-refractivity contribution in [3.63, 3.8) is 0 Å². The van der Waals surface area contributed by atoms with Gasteiger partial charge in [-0.2, -0.15) is 0 Å². The van der Waals surface area contributed by atoms with E-state index < -0.39 is 0 Å². The number of nitrogens with zero attached hydrogens (tertiary/aromatic N) is 3. The Morgan fingerprint density at radius 1 is 1.10 bits per heavy atom. The lowest BCUT2D eigenvalue weighted by Gasteiger charge is -2.11. The fourth-order valence-corrected chi connectivity index (χ4v) is 4.95. The topological polar surface area (TPSA) is 37.6 Å². The van der Waals surface area contributed by atoms with Crippen molar-refractivity contribution in [3.8, 4) is 0 Å². The van der Waals surface area contributed by atoms with Gasteiger partial charge in [-0.1, -0.05) is 47.5 Å². The van der Waals surface area contributed by atoms with Crippen molar-refractivity contribution in [3.05, 3.63) is 74.7 Å². The first-order valence-corrected chi connectivity index (χ1v) is 11.4. The fraction of sp³-hybridized carbons (Fsp3) is 0.217. The molecule has 4 rings (SSSR count). The molecule has 1 fully saturated rings. The molecule has 0 atom stereocenters. The molecule has 1 aliphatic heterocycles. The smallest absolute Gasteiger partial charge is 0.266 e. The number of amides is 1. The number of thioether (sulfide) groups is 1. The summed E-state index contributed by atoms with van der Waals surface area (Å²) in [5, 5.41) is 2.96. The summed E-state index contributed by atoms with van der Waals surface area (Å²) in [5.74, 6) is 0.0102. The highest BCUT2D eigenvalue weighted by atomic mass is 35.5. The molecule has 0 unspecified atom stereocenters. The average molecular weight is 458 g/mol. The number of hydrogen-bond acceptors (Lipinski definition) is 3. The Hall–Kier alpha value is -2.21. The summed E-state index contributed by atoms with van der Waals surface area (Å²) in [4.78, 5) is 19.8. The molecule has 0 N–H and O–H groups in total. The number of halogens is 2. The molecule has 2 aromatic carbocycles.